The van der Waals surface area contributed by atoms with Crippen LogP contribution < -0.4 is 4.74 Å². The molecule has 1 saturated carbocycles. The fourth-order valence-corrected chi connectivity index (χ4v) is 2.57. The standard InChI is InChI=1S/C18H24N2O2/c1-20(2)10-5-11-21-17-7-4-3-6-15(17)18-16(19-13-22-18)12-14-8-9-14/h3-4,6-7,13-14H,5,8-12H2,1-2H3. The lowest BCUT2D eigenvalue weighted by Crippen LogP contribution is -2.15. The molecule has 118 valence electrons. The van der Waals surface area contributed by atoms with Crippen LogP contribution in [0.25, 0.3) is 11.3 Å². The van der Waals surface area contributed by atoms with Crippen molar-refractivity contribution in [2.45, 2.75) is 25.7 Å². The Hall–Kier alpha value is -1.81. The minimum absolute atomic E-state index is 0.710. The van der Waals surface area contributed by atoms with Crippen molar-refractivity contribution < 1.29 is 9.15 Å². The first-order chi connectivity index (χ1) is 10.7. The molecule has 1 aromatic heterocycles. The van der Waals surface area contributed by atoms with Gasteiger partial charge in [-0.25, -0.2) is 4.98 Å². The number of aromatic nitrogens is 1. The zero-order valence-corrected chi connectivity index (χ0v) is 13.4. The van der Waals surface area contributed by atoms with Gasteiger partial charge in [0.15, 0.2) is 12.2 Å². The van der Waals surface area contributed by atoms with Crippen molar-refractivity contribution in [1.29, 1.82) is 0 Å². The lowest BCUT2D eigenvalue weighted by atomic mass is 10.1. The normalized spacial score (nSPS) is 14.5. The monoisotopic (exact) mass is 300 g/mol. The number of hydrogen-bond donors (Lipinski definition) is 0. The molecule has 0 aliphatic heterocycles. The van der Waals surface area contributed by atoms with Gasteiger partial charge in [-0.2, -0.15) is 0 Å². The molecule has 1 aliphatic rings. The van der Waals surface area contributed by atoms with E-state index < -0.39 is 0 Å². The number of para-hydroxylation sites is 1. The number of oxazole rings is 1. The van der Waals surface area contributed by atoms with Gasteiger partial charge >= 0.3 is 0 Å². The first-order valence-corrected chi connectivity index (χ1v) is 8.03. The van der Waals surface area contributed by atoms with Gasteiger partial charge in [0.05, 0.1) is 17.9 Å². The van der Waals surface area contributed by atoms with Gasteiger partial charge in [-0.1, -0.05) is 12.1 Å². The highest BCUT2D eigenvalue weighted by Gasteiger charge is 2.25. The quantitative estimate of drug-likeness (QED) is 0.698. The van der Waals surface area contributed by atoms with E-state index in [-0.39, 0.29) is 0 Å². The fourth-order valence-electron chi connectivity index (χ4n) is 2.57. The van der Waals surface area contributed by atoms with Gasteiger partial charge in [0.25, 0.3) is 0 Å². The van der Waals surface area contributed by atoms with Crippen molar-refractivity contribution in [2.75, 3.05) is 27.2 Å². The SMILES string of the molecule is CN(C)CCCOc1ccccc1-c1ocnc1CC1CC1. The summed E-state index contributed by atoms with van der Waals surface area (Å²) in [5, 5.41) is 0. The van der Waals surface area contributed by atoms with Crippen molar-refractivity contribution in [3.63, 3.8) is 0 Å². The van der Waals surface area contributed by atoms with Gasteiger partial charge < -0.3 is 14.1 Å². The highest BCUT2D eigenvalue weighted by Crippen LogP contribution is 2.37. The molecule has 1 heterocycles. The van der Waals surface area contributed by atoms with E-state index in [9.17, 15) is 0 Å². The molecule has 3 rings (SSSR count). The van der Waals surface area contributed by atoms with E-state index in [2.05, 4.69) is 30.0 Å². The van der Waals surface area contributed by atoms with Crippen LogP contribution in [0.2, 0.25) is 0 Å². The number of benzene rings is 1. The highest BCUT2D eigenvalue weighted by atomic mass is 16.5. The molecule has 4 nitrogen and oxygen atoms in total. The molecule has 0 atom stereocenters. The molecular weight excluding hydrogens is 276 g/mol. The van der Waals surface area contributed by atoms with Crippen molar-refractivity contribution >= 4 is 0 Å². The Morgan fingerprint density at radius 1 is 1.27 bits per heavy atom. The third-order valence-electron chi connectivity index (χ3n) is 3.96. The van der Waals surface area contributed by atoms with Crippen LogP contribution in [0, 0.1) is 5.92 Å². The summed E-state index contributed by atoms with van der Waals surface area (Å²) in [7, 11) is 4.15. The molecule has 0 radical (unpaired) electrons. The molecule has 22 heavy (non-hydrogen) atoms. The highest BCUT2D eigenvalue weighted by molar-refractivity contribution is 5.67. The topological polar surface area (TPSA) is 38.5 Å². The third kappa shape index (κ3) is 3.89. The largest absolute Gasteiger partial charge is 0.493 e. The zero-order valence-electron chi connectivity index (χ0n) is 13.4. The van der Waals surface area contributed by atoms with Gasteiger partial charge in [-0.05, 0) is 57.8 Å². The Morgan fingerprint density at radius 3 is 2.86 bits per heavy atom. The van der Waals surface area contributed by atoms with Gasteiger partial charge in [-0.3, -0.25) is 0 Å². The van der Waals surface area contributed by atoms with E-state index in [4.69, 9.17) is 9.15 Å². The van der Waals surface area contributed by atoms with Crippen LogP contribution in [0.4, 0.5) is 0 Å². The molecule has 0 N–H and O–H groups in total. The van der Waals surface area contributed by atoms with E-state index >= 15 is 0 Å². The van der Waals surface area contributed by atoms with Crippen LogP contribution in [0.5, 0.6) is 5.75 Å². The van der Waals surface area contributed by atoms with Gasteiger partial charge in [0, 0.05) is 6.54 Å². The summed E-state index contributed by atoms with van der Waals surface area (Å²) in [6, 6.07) is 8.08. The minimum Gasteiger partial charge on any atom is -0.493 e. The molecule has 0 saturated heterocycles. The van der Waals surface area contributed by atoms with Crippen molar-refractivity contribution in [3.05, 3.63) is 36.4 Å². The number of rotatable bonds is 8. The number of ether oxygens (including phenoxy) is 1. The Kier molecular flexibility index (Phi) is 4.78. The smallest absolute Gasteiger partial charge is 0.181 e. The maximum Gasteiger partial charge on any atom is 0.181 e. The predicted octanol–water partition coefficient (Wildman–Crippen LogP) is 3.62. The Bertz CT molecular complexity index is 603. The Balaban J connectivity index is 1.71. The van der Waals surface area contributed by atoms with E-state index in [1.165, 1.54) is 12.8 Å². The molecule has 0 spiro atoms. The van der Waals surface area contributed by atoms with Crippen molar-refractivity contribution in [2.24, 2.45) is 5.92 Å². The molecule has 2 aromatic rings. The fraction of sp³-hybridized carbons (Fsp3) is 0.500. The summed E-state index contributed by atoms with van der Waals surface area (Å²) in [6.07, 6.45) is 6.20. The summed E-state index contributed by atoms with van der Waals surface area (Å²) in [4.78, 5) is 6.57. The second-order valence-corrected chi connectivity index (χ2v) is 6.28. The summed E-state index contributed by atoms with van der Waals surface area (Å²) in [6.45, 7) is 1.73. The summed E-state index contributed by atoms with van der Waals surface area (Å²) in [5.74, 6) is 2.54. The van der Waals surface area contributed by atoms with Crippen LogP contribution in [-0.4, -0.2) is 37.1 Å². The Labute approximate surface area is 132 Å². The first-order valence-electron chi connectivity index (χ1n) is 8.03. The van der Waals surface area contributed by atoms with Gasteiger partial charge in [-0.15, -0.1) is 0 Å². The third-order valence-corrected chi connectivity index (χ3v) is 3.96. The summed E-state index contributed by atoms with van der Waals surface area (Å²) in [5.41, 5.74) is 2.08. The number of hydrogen-bond acceptors (Lipinski definition) is 4. The molecule has 0 amide bonds. The second-order valence-electron chi connectivity index (χ2n) is 6.28. The van der Waals surface area contributed by atoms with Crippen LogP contribution in [0.1, 0.15) is 25.0 Å². The van der Waals surface area contributed by atoms with Crippen molar-refractivity contribution in [1.82, 2.24) is 9.88 Å². The molecule has 1 aromatic carbocycles. The van der Waals surface area contributed by atoms with E-state index in [1.807, 2.05) is 18.2 Å². The van der Waals surface area contributed by atoms with Gasteiger partial charge in [0.1, 0.15) is 5.75 Å². The maximum atomic E-state index is 5.97. The number of nitrogens with zero attached hydrogens (tertiary/aromatic N) is 2. The van der Waals surface area contributed by atoms with Gasteiger partial charge in [0.2, 0.25) is 0 Å². The molecular formula is C18H24N2O2. The van der Waals surface area contributed by atoms with Crippen LogP contribution in [0.15, 0.2) is 35.1 Å². The molecule has 0 bridgehead atoms. The minimum atomic E-state index is 0.710. The average Bonchev–Trinajstić information content (AvgIpc) is 3.20. The van der Waals surface area contributed by atoms with Crippen molar-refractivity contribution in [3.8, 4) is 17.1 Å². The average molecular weight is 300 g/mol. The molecule has 1 aliphatic carbocycles. The first kappa shape index (κ1) is 15.1. The zero-order chi connectivity index (χ0) is 15.4. The van der Waals surface area contributed by atoms with Crippen LogP contribution in [0.3, 0.4) is 0 Å². The molecule has 0 unspecified atom stereocenters. The van der Waals surface area contributed by atoms with Crippen LogP contribution in [-0.2, 0) is 6.42 Å². The van der Waals surface area contributed by atoms with Crippen LogP contribution >= 0.6 is 0 Å². The van der Waals surface area contributed by atoms with E-state index in [0.29, 0.717) is 6.61 Å². The Morgan fingerprint density at radius 2 is 2.09 bits per heavy atom. The summed E-state index contributed by atoms with van der Waals surface area (Å²) >= 11 is 0. The molecule has 1 fully saturated rings. The predicted molar refractivity (Wildman–Crippen MR) is 87.0 cm³/mol. The lowest BCUT2D eigenvalue weighted by molar-refractivity contribution is 0.282. The van der Waals surface area contributed by atoms with E-state index in [0.717, 1.165) is 48.1 Å². The molecule has 4 heteroatoms. The van der Waals surface area contributed by atoms with E-state index in [1.54, 1.807) is 6.39 Å². The second kappa shape index (κ2) is 6.97. The maximum absolute atomic E-state index is 5.97. The lowest BCUT2D eigenvalue weighted by Gasteiger charge is -2.12. The summed E-state index contributed by atoms with van der Waals surface area (Å²) < 4.78 is 11.6.